The third kappa shape index (κ3) is 3.11. The monoisotopic (exact) mass is 443 g/mol. The van der Waals surface area contributed by atoms with Gasteiger partial charge in [0, 0.05) is 25.5 Å². The van der Waals surface area contributed by atoms with E-state index in [4.69, 9.17) is 0 Å². The molecule has 0 N–H and O–H groups in total. The van der Waals surface area contributed by atoms with Gasteiger partial charge in [-0.3, -0.25) is 19.3 Å². The van der Waals surface area contributed by atoms with E-state index in [1.54, 1.807) is 43.3 Å². The first-order chi connectivity index (χ1) is 15.8. The summed E-state index contributed by atoms with van der Waals surface area (Å²) in [6.45, 7) is 1.65. The van der Waals surface area contributed by atoms with E-state index in [2.05, 4.69) is 0 Å². The molecule has 0 saturated carbocycles. The van der Waals surface area contributed by atoms with Crippen molar-refractivity contribution in [3.63, 3.8) is 0 Å². The molecular formula is C26H22FN3O3. The molecule has 0 aromatic heterocycles. The molecule has 0 unspecified atom stereocenters. The topological polar surface area (TPSA) is 60.9 Å². The Morgan fingerprint density at radius 1 is 0.788 bits per heavy atom. The van der Waals surface area contributed by atoms with E-state index in [0.717, 1.165) is 16.2 Å². The first-order valence-corrected chi connectivity index (χ1v) is 10.6. The summed E-state index contributed by atoms with van der Waals surface area (Å²) in [5.74, 6) is -1.82. The van der Waals surface area contributed by atoms with Crippen LogP contribution in [0.3, 0.4) is 0 Å². The molecule has 0 bridgehead atoms. The SMILES string of the molecule is Cc1ccc(N2C(=O)[C@@H](N3C(=O)c4ccccc4C3=O)[C@@H]2c2ccc(N(C)C)cc2)cc1F. The van der Waals surface area contributed by atoms with Crippen LogP contribution in [0.25, 0.3) is 0 Å². The minimum atomic E-state index is -1.01. The number of hydrogen-bond acceptors (Lipinski definition) is 4. The molecule has 2 atom stereocenters. The van der Waals surface area contributed by atoms with Gasteiger partial charge >= 0.3 is 0 Å². The van der Waals surface area contributed by atoms with Crippen LogP contribution in [0.1, 0.15) is 37.9 Å². The second kappa shape index (κ2) is 7.55. The van der Waals surface area contributed by atoms with Gasteiger partial charge in [0.1, 0.15) is 11.9 Å². The van der Waals surface area contributed by atoms with Crippen LogP contribution in [-0.4, -0.2) is 42.8 Å². The highest BCUT2D eigenvalue weighted by molar-refractivity contribution is 6.24. The van der Waals surface area contributed by atoms with Crippen LogP contribution in [0.4, 0.5) is 15.8 Å². The van der Waals surface area contributed by atoms with E-state index in [1.807, 2.05) is 43.3 Å². The van der Waals surface area contributed by atoms with Gasteiger partial charge in [0.05, 0.1) is 17.2 Å². The molecule has 5 rings (SSSR count). The van der Waals surface area contributed by atoms with E-state index in [1.165, 1.54) is 11.0 Å². The average molecular weight is 443 g/mol. The van der Waals surface area contributed by atoms with Crippen molar-refractivity contribution in [2.24, 2.45) is 0 Å². The molecular weight excluding hydrogens is 421 g/mol. The van der Waals surface area contributed by atoms with Crippen molar-refractivity contribution < 1.29 is 18.8 Å². The van der Waals surface area contributed by atoms with Crippen LogP contribution < -0.4 is 9.80 Å². The van der Waals surface area contributed by atoms with Gasteiger partial charge in [0.15, 0.2) is 0 Å². The second-order valence-electron chi connectivity index (χ2n) is 8.54. The van der Waals surface area contributed by atoms with Crippen LogP contribution in [0.5, 0.6) is 0 Å². The van der Waals surface area contributed by atoms with Crippen LogP contribution in [0.2, 0.25) is 0 Å². The number of fused-ring (bicyclic) bond motifs is 1. The highest BCUT2D eigenvalue weighted by Gasteiger charge is 2.57. The quantitative estimate of drug-likeness (QED) is 0.453. The molecule has 6 nitrogen and oxygen atoms in total. The third-order valence-corrected chi connectivity index (χ3v) is 6.36. The number of nitrogens with zero attached hydrogens (tertiary/aromatic N) is 3. The molecule has 2 heterocycles. The van der Waals surface area contributed by atoms with Crippen LogP contribution in [0, 0.1) is 12.7 Å². The molecule has 166 valence electrons. The highest BCUT2D eigenvalue weighted by Crippen LogP contribution is 2.44. The molecule has 3 aromatic carbocycles. The zero-order valence-corrected chi connectivity index (χ0v) is 18.4. The van der Waals surface area contributed by atoms with Gasteiger partial charge < -0.3 is 9.80 Å². The predicted octanol–water partition coefficient (Wildman–Crippen LogP) is 3.95. The number of carbonyl (C=O) groups is 3. The Hall–Kier alpha value is -4.00. The van der Waals surface area contributed by atoms with E-state index < -0.39 is 35.6 Å². The Kier molecular flexibility index (Phi) is 4.78. The molecule has 3 amide bonds. The maximum atomic E-state index is 14.3. The largest absolute Gasteiger partial charge is 0.378 e. The molecule has 0 spiro atoms. The van der Waals surface area contributed by atoms with Gasteiger partial charge in [-0.25, -0.2) is 4.39 Å². The van der Waals surface area contributed by atoms with Gasteiger partial charge in [0.2, 0.25) is 0 Å². The number of imide groups is 1. The van der Waals surface area contributed by atoms with Crippen molar-refractivity contribution in [3.8, 4) is 0 Å². The Morgan fingerprint density at radius 3 is 1.94 bits per heavy atom. The summed E-state index contributed by atoms with van der Waals surface area (Å²) in [6, 6.07) is 17.1. The maximum absolute atomic E-state index is 14.3. The lowest BCUT2D eigenvalue weighted by Crippen LogP contribution is -2.67. The molecule has 33 heavy (non-hydrogen) atoms. The molecule has 3 aromatic rings. The van der Waals surface area contributed by atoms with Crippen molar-refractivity contribution in [2.75, 3.05) is 23.9 Å². The summed E-state index contributed by atoms with van der Waals surface area (Å²) in [4.78, 5) is 44.1. The Balaban J connectivity index is 1.59. The van der Waals surface area contributed by atoms with Crippen LogP contribution in [0.15, 0.2) is 66.7 Å². The number of amides is 3. The minimum Gasteiger partial charge on any atom is -0.378 e. The number of β-lactam (4-membered cyclic amide) rings is 1. The Bertz CT molecular complexity index is 1270. The summed E-state index contributed by atoms with van der Waals surface area (Å²) in [7, 11) is 3.84. The average Bonchev–Trinajstić information content (AvgIpc) is 3.05. The normalized spacial score (nSPS) is 19.6. The van der Waals surface area contributed by atoms with Gasteiger partial charge in [-0.15, -0.1) is 0 Å². The fourth-order valence-corrected chi connectivity index (χ4v) is 4.51. The van der Waals surface area contributed by atoms with Gasteiger partial charge in [0.25, 0.3) is 17.7 Å². The van der Waals surface area contributed by atoms with E-state index in [-0.39, 0.29) is 11.1 Å². The number of anilines is 2. The van der Waals surface area contributed by atoms with Crippen molar-refractivity contribution >= 4 is 29.1 Å². The number of carbonyl (C=O) groups excluding carboxylic acids is 3. The van der Waals surface area contributed by atoms with E-state index in [0.29, 0.717) is 11.3 Å². The number of aryl methyl sites for hydroxylation is 1. The fourth-order valence-electron chi connectivity index (χ4n) is 4.51. The van der Waals surface area contributed by atoms with Crippen molar-refractivity contribution in [1.82, 2.24) is 4.90 Å². The fraction of sp³-hybridized carbons (Fsp3) is 0.192. The predicted molar refractivity (Wildman–Crippen MR) is 123 cm³/mol. The number of benzene rings is 3. The van der Waals surface area contributed by atoms with Crippen molar-refractivity contribution in [2.45, 2.75) is 19.0 Å². The number of halogens is 1. The highest BCUT2D eigenvalue weighted by atomic mass is 19.1. The molecule has 1 fully saturated rings. The molecule has 0 aliphatic carbocycles. The lowest BCUT2D eigenvalue weighted by atomic mass is 9.86. The smallest absolute Gasteiger partial charge is 0.262 e. The lowest BCUT2D eigenvalue weighted by Gasteiger charge is -2.49. The van der Waals surface area contributed by atoms with Crippen molar-refractivity contribution in [1.29, 1.82) is 0 Å². The van der Waals surface area contributed by atoms with Crippen LogP contribution in [-0.2, 0) is 4.79 Å². The Labute approximate surface area is 190 Å². The summed E-state index contributed by atoms with van der Waals surface area (Å²) in [5.41, 5.74) is 3.15. The number of rotatable bonds is 4. The third-order valence-electron chi connectivity index (χ3n) is 6.36. The summed E-state index contributed by atoms with van der Waals surface area (Å²) in [6.07, 6.45) is 0. The van der Waals surface area contributed by atoms with Crippen molar-refractivity contribution in [3.05, 3.63) is 94.8 Å². The number of hydrogen-bond donors (Lipinski definition) is 0. The van der Waals surface area contributed by atoms with Gasteiger partial charge in [-0.2, -0.15) is 0 Å². The Morgan fingerprint density at radius 2 is 1.39 bits per heavy atom. The summed E-state index contributed by atoms with van der Waals surface area (Å²) >= 11 is 0. The summed E-state index contributed by atoms with van der Waals surface area (Å²) < 4.78 is 14.3. The first-order valence-electron chi connectivity index (χ1n) is 10.6. The zero-order chi connectivity index (χ0) is 23.4. The van der Waals surface area contributed by atoms with Gasteiger partial charge in [-0.05, 0) is 54.4 Å². The van der Waals surface area contributed by atoms with E-state index >= 15 is 0 Å². The maximum Gasteiger partial charge on any atom is 0.262 e. The lowest BCUT2D eigenvalue weighted by molar-refractivity contribution is -0.130. The van der Waals surface area contributed by atoms with Crippen LogP contribution >= 0.6 is 0 Å². The zero-order valence-electron chi connectivity index (χ0n) is 18.4. The minimum absolute atomic E-state index is 0.289. The molecule has 2 aliphatic rings. The second-order valence-corrected chi connectivity index (χ2v) is 8.54. The molecule has 1 saturated heterocycles. The molecule has 0 radical (unpaired) electrons. The standard InChI is InChI=1S/C26H22FN3O3/c1-15-8-11-18(14-21(15)27)29-22(16-9-12-17(13-10-16)28(2)3)23(26(29)33)30-24(31)19-6-4-5-7-20(19)25(30)32/h4-14,22-23H,1-3H3/t22-,23-/m0/s1. The molecule has 2 aliphatic heterocycles. The van der Waals surface area contributed by atoms with Gasteiger partial charge in [-0.1, -0.05) is 30.3 Å². The summed E-state index contributed by atoms with van der Waals surface area (Å²) in [5, 5.41) is 0. The first kappa shape index (κ1) is 20.9. The molecule has 7 heteroatoms. The van der Waals surface area contributed by atoms with E-state index in [9.17, 15) is 18.8 Å².